The van der Waals surface area contributed by atoms with E-state index in [0.29, 0.717) is 11.0 Å². The molecule has 0 N–H and O–H groups in total. The third-order valence-electron chi connectivity index (χ3n) is 2.42. The van der Waals surface area contributed by atoms with Crippen molar-refractivity contribution in [1.82, 2.24) is 0 Å². The molecule has 1 nitrogen and oxygen atoms in total. The van der Waals surface area contributed by atoms with Crippen LogP contribution < -0.4 is 4.90 Å². The monoisotopic (exact) mass is 309 g/mol. The zero-order valence-electron chi connectivity index (χ0n) is 9.76. The molecule has 0 aliphatic rings. The number of para-hydroxylation sites is 1. The molecule has 0 saturated heterocycles. The lowest BCUT2D eigenvalue weighted by atomic mass is 10.1. The maximum atomic E-state index is 12.5. The van der Waals surface area contributed by atoms with Crippen molar-refractivity contribution < 1.29 is 13.2 Å². The van der Waals surface area contributed by atoms with Gasteiger partial charge in [0.2, 0.25) is 0 Å². The van der Waals surface area contributed by atoms with Gasteiger partial charge in [-0.1, -0.05) is 34.1 Å². The number of hydrogen-bond acceptors (Lipinski definition) is 1. The number of rotatable bonds is 4. The number of alkyl halides is 4. The molecule has 0 saturated carbocycles. The second kappa shape index (κ2) is 5.76. The van der Waals surface area contributed by atoms with E-state index in [9.17, 15) is 13.2 Å². The Bertz CT molecular complexity index is 363. The maximum Gasteiger partial charge on any atom is 0.405 e. The van der Waals surface area contributed by atoms with Crippen LogP contribution in [0.5, 0.6) is 0 Å². The van der Waals surface area contributed by atoms with Gasteiger partial charge in [0.15, 0.2) is 0 Å². The standard InChI is InChI=1S/C12H15BrF3N/c1-9(2)17(8-12(14,15)16)11-6-4-3-5-10(11)7-13/h3-6,9H,7-8H2,1-2H3. The van der Waals surface area contributed by atoms with Crippen LogP contribution in [0.1, 0.15) is 19.4 Å². The van der Waals surface area contributed by atoms with Crippen LogP contribution in [0, 0.1) is 0 Å². The zero-order chi connectivity index (χ0) is 13.1. The van der Waals surface area contributed by atoms with Gasteiger partial charge in [-0.3, -0.25) is 0 Å². The molecule has 1 aromatic rings. The van der Waals surface area contributed by atoms with Gasteiger partial charge >= 0.3 is 6.18 Å². The van der Waals surface area contributed by atoms with E-state index < -0.39 is 12.7 Å². The number of hydrogen-bond donors (Lipinski definition) is 0. The Kier molecular flexibility index (Phi) is 4.86. The molecule has 0 radical (unpaired) electrons. The third kappa shape index (κ3) is 4.22. The van der Waals surface area contributed by atoms with Crippen molar-refractivity contribution in [3.63, 3.8) is 0 Å². The van der Waals surface area contributed by atoms with Crippen LogP contribution in [0.3, 0.4) is 0 Å². The first-order valence-corrected chi connectivity index (χ1v) is 6.44. The SMILES string of the molecule is CC(C)N(CC(F)(F)F)c1ccccc1CBr. The molecule has 0 atom stereocenters. The molecule has 1 rings (SSSR count). The van der Waals surface area contributed by atoms with Gasteiger partial charge in [-0.15, -0.1) is 0 Å². The fourth-order valence-corrected chi connectivity index (χ4v) is 2.12. The molecule has 0 spiro atoms. The van der Waals surface area contributed by atoms with Crippen molar-refractivity contribution >= 4 is 21.6 Å². The minimum absolute atomic E-state index is 0.197. The smallest absolute Gasteiger partial charge is 0.360 e. The van der Waals surface area contributed by atoms with E-state index in [1.807, 2.05) is 12.1 Å². The summed E-state index contributed by atoms with van der Waals surface area (Å²) >= 11 is 3.30. The van der Waals surface area contributed by atoms with Gasteiger partial charge in [-0.25, -0.2) is 0 Å². The zero-order valence-corrected chi connectivity index (χ0v) is 11.3. The summed E-state index contributed by atoms with van der Waals surface area (Å²) in [5.74, 6) is 0. The van der Waals surface area contributed by atoms with Crippen molar-refractivity contribution in [3.8, 4) is 0 Å². The van der Waals surface area contributed by atoms with E-state index in [0.717, 1.165) is 5.56 Å². The molecule has 0 bridgehead atoms. The molecule has 0 fully saturated rings. The molecule has 0 unspecified atom stereocenters. The van der Waals surface area contributed by atoms with Crippen molar-refractivity contribution in [2.45, 2.75) is 31.4 Å². The molecule has 5 heteroatoms. The lowest BCUT2D eigenvalue weighted by molar-refractivity contribution is -0.120. The summed E-state index contributed by atoms with van der Waals surface area (Å²) in [6.45, 7) is 2.60. The topological polar surface area (TPSA) is 3.24 Å². The molecule has 96 valence electrons. The van der Waals surface area contributed by atoms with Gasteiger partial charge in [0.1, 0.15) is 6.54 Å². The van der Waals surface area contributed by atoms with Gasteiger partial charge in [-0.05, 0) is 25.5 Å². The first-order valence-electron chi connectivity index (χ1n) is 5.32. The highest BCUT2D eigenvalue weighted by atomic mass is 79.9. The molecule has 0 heterocycles. The predicted octanol–water partition coefficient (Wildman–Crippen LogP) is 4.36. The summed E-state index contributed by atoms with van der Waals surface area (Å²) in [5, 5.41) is 0.546. The third-order valence-corrected chi connectivity index (χ3v) is 3.02. The number of nitrogens with zero attached hydrogens (tertiary/aromatic N) is 1. The predicted molar refractivity (Wildman–Crippen MR) is 67.6 cm³/mol. The average molecular weight is 310 g/mol. The molecule has 0 aliphatic heterocycles. The molecular formula is C12H15BrF3N. The summed E-state index contributed by atoms with van der Waals surface area (Å²) in [6, 6.07) is 6.94. The Labute approximate surface area is 108 Å². The van der Waals surface area contributed by atoms with Gasteiger partial charge in [0.25, 0.3) is 0 Å². The summed E-state index contributed by atoms with van der Waals surface area (Å²) in [4.78, 5) is 1.37. The lowest BCUT2D eigenvalue weighted by Crippen LogP contribution is -2.39. The summed E-state index contributed by atoms with van der Waals surface area (Å²) < 4.78 is 37.6. The molecule has 17 heavy (non-hydrogen) atoms. The number of anilines is 1. The van der Waals surface area contributed by atoms with Crippen molar-refractivity contribution in [2.75, 3.05) is 11.4 Å². The van der Waals surface area contributed by atoms with Crippen LogP contribution in [0.25, 0.3) is 0 Å². The quantitative estimate of drug-likeness (QED) is 0.747. The van der Waals surface area contributed by atoms with E-state index in [4.69, 9.17) is 0 Å². The molecule has 1 aromatic carbocycles. The lowest BCUT2D eigenvalue weighted by Gasteiger charge is -2.31. The maximum absolute atomic E-state index is 12.5. The molecular weight excluding hydrogens is 295 g/mol. The van der Waals surface area contributed by atoms with Crippen LogP contribution >= 0.6 is 15.9 Å². The van der Waals surface area contributed by atoms with E-state index >= 15 is 0 Å². The van der Waals surface area contributed by atoms with Gasteiger partial charge in [0.05, 0.1) is 0 Å². The Morgan fingerprint density at radius 3 is 2.29 bits per heavy atom. The van der Waals surface area contributed by atoms with Crippen molar-refractivity contribution in [3.05, 3.63) is 29.8 Å². The Hall–Kier alpha value is -0.710. The van der Waals surface area contributed by atoms with Crippen LogP contribution in [-0.4, -0.2) is 18.8 Å². The number of halogens is 4. The fourth-order valence-electron chi connectivity index (χ4n) is 1.64. The van der Waals surface area contributed by atoms with Crippen LogP contribution in [0.4, 0.5) is 18.9 Å². The minimum atomic E-state index is -4.19. The summed E-state index contributed by atoms with van der Waals surface area (Å²) in [5.41, 5.74) is 1.50. The van der Waals surface area contributed by atoms with Gasteiger partial charge < -0.3 is 4.90 Å². The normalized spacial score (nSPS) is 11.9. The van der Waals surface area contributed by atoms with Gasteiger partial charge in [0, 0.05) is 17.1 Å². The number of benzene rings is 1. The second-order valence-electron chi connectivity index (χ2n) is 4.10. The van der Waals surface area contributed by atoms with Crippen molar-refractivity contribution in [2.24, 2.45) is 0 Å². The summed E-state index contributed by atoms with van der Waals surface area (Å²) in [6.07, 6.45) is -4.19. The Morgan fingerprint density at radius 1 is 1.24 bits per heavy atom. The Morgan fingerprint density at radius 2 is 1.82 bits per heavy atom. The summed E-state index contributed by atoms with van der Waals surface area (Å²) in [7, 11) is 0. The largest absolute Gasteiger partial charge is 0.405 e. The van der Waals surface area contributed by atoms with Gasteiger partial charge in [-0.2, -0.15) is 13.2 Å². The average Bonchev–Trinajstić information content (AvgIpc) is 2.24. The highest BCUT2D eigenvalue weighted by molar-refractivity contribution is 9.08. The van der Waals surface area contributed by atoms with Crippen molar-refractivity contribution in [1.29, 1.82) is 0 Å². The second-order valence-corrected chi connectivity index (χ2v) is 4.66. The first-order chi connectivity index (χ1) is 7.85. The van der Waals surface area contributed by atoms with Crippen LogP contribution in [0.15, 0.2) is 24.3 Å². The first kappa shape index (κ1) is 14.4. The van der Waals surface area contributed by atoms with Crippen LogP contribution in [0.2, 0.25) is 0 Å². The molecule has 0 aromatic heterocycles. The molecule has 0 aliphatic carbocycles. The molecule has 0 amide bonds. The van der Waals surface area contributed by atoms with E-state index in [2.05, 4.69) is 15.9 Å². The fraction of sp³-hybridized carbons (Fsp3) is 0.500. The Balaban J connectivity index is 3.05. The van der Waals surface area contributed by atoms with E-state index in [1.165, 1.54) is 4.90 Å². The van der Waals surface area contributed by atoms with Crippen LogP contribution in [-0.2, 0) is 5.33 Å². The highest BCUT2D eigenvalue weighted by Crippen LogP contribution is 2.28. The highest BCUT2D eigenvalue weighted by Gasteiger charge is 2.32. The van der Waals surface area contributed by atoms with E-state index in [1.54, 1.807) is 26.0 Å². The van der Waals surface area contributed by atoms with E-state index in [-0.39, 0.29) is 6.04 Å². The minimum Gasteiger partial charge on any atom is -0.360 e.